The zero-order valence-corrected chi connectivity index (χ0v) is 10.9. The zero-order valence-electron chi connectivity index (χ0n) is 10.9. The van der Waals surface area contributed by atoms with Crippen molar-refractivity contribution >= 4 is 6.21 Å². The molecule has 0 aromatic rings. The molecule has 0 radical (unpaired) electrons. The van der Waals surface area contributed by atoms with Crippen LogP contribution in [0.25, 0.3) is 0 Å². The number of rotatable bonds is 0. The minimum absolute atomic E-state index is 0.108. The third kappa shape index (κ3) is 3.08. The smallest absolute Gasteiger partial charge is 0.0647 e. The summed E-state index contributed by atoms with van der Waals surface area (Å²) < 4.78 is 0. The number of hydrogen-bond donors (Lipinski definition) is 1. The van der Waals surface area contributed by atoms with Crippen molar-refractivity contribution in [2.45, 2.75) is 48.0 Å². The fourth-order valence-electron chi connectivity index (χ4n) is 1.75. The highest BCUT2D eigenvalue weighted by Gasteiger charge is 2.28. The molecular formula is C13H24N2. The molecule has 86 valence electrons. The molecule has 0 spiro atoms. The lowest BCUT2D eigenvalue weighted by atomic mass is 9.82. The van der Waals surface area contributed by atoms with E-state index in [-0.39, 0.29) is 10.8 Å². The predicted molar refractivity (Wildman–Crippen MR) is 67.0 cm³/mol. The Morgan fingerprint density at radius 2 is 1.67 bits per heavy atom. The van der Waals surface area contributed by atoms with Crippen molar-refractivity contribution in [3.8, 4) is 0 Å². The summed E-state index contributed by atoms with van der Waals surface area (Å²) in [6.07, 6.45) is 3.05. The average molecular weight is 208 g/mol. The molecule has 0 bridgehead atoms. The molecule has 0 aromatic heterocycles. The van der Waals surface area contributed by atoms with E-state index in [4.69, 9.17) is 0 Å². The van der Waals surface area contributed by atoms with Crippen LogP contribution in [0.1, 0.15) is 48.0 Å². The molecule has 2 heteroatoms. The highest BCUT2D eigenvalue weighted by atomic mass is 15.0. The molecule has 2 nitrogen and oxygen atoms in total. The summed E-state index contributed by atoms with van der Waals surface area (Å²) in [5.74, 6) is 0. The summed E-state index contributed by atoms with van der Waals surface area (Å²) in [7, 11) is 0. The van der Waals surface area contributed by atoms with Crippen LogP contribution < -0.4 is 5.32 Å². The van der Waals surface area contributed by atoms with Gasteiger partial charge in [-0.3, -0.25) is 4.99 Å². The maximum Gasteiger partial charge on any atom is 0.0647 e. The Balaban J connectivity index is 3.22. The van der Waals surface area contributed by atoms with Crippen LogP contribution in [-0.4, -0.2) is 12.8 Å². The van der Waals surface area contributed by atoms with Gasteiger partial charge in [-0.25, -0.2) is 0 Å². The second-order valence-electron chi connectivity index (χ2n) is 6.25. The van der Waals surface area contributed by atoms with Crippen LogP contribution in [0.2, 0.25) is 0 Å². The first-order valence-corrected chi connectivity index (χ1v) is 5.74. The Bertz CT molecular complexity index is 285. The van der Waals surface area contributed by atoms with E-state index in [0.717, 1.165) is 13.0 Å². The lowest BCUT2D eigenvalue weighted by Gasteiger charge is -2.30. The van der Waals surface area contributed by atoms with Crippen LogP contribution in [0.3, 0.4) is 0 Å². The molecule has 0 unspecified atom stereocenters. The molecule has 0 aliphatic carbocycles. The number of nitrogens with one attached hydrogen (secondary N) is 1. The van der Waals surface area contributed by atoms with Gasteiger partial charge in [0.25, 0.3) is 0 Å². The van der Waals surface area contributed by atoms with Crippen molar-refractivity contribution < 1.29 is 0 Å². The van der Waals surface area contributed by atoms with Crippen LogP contribution in [0, 0.1) is 10.8 Å². The Hall–Kier alpha value is -0.790. The molecule has 0 amide bonds. The standard InChI is InChI=1S/C13H24N2/c1-12(2,3)10-11(13(4,5)6)15-9-7-8-14-10/h8,15H,7,9H2,1-6H3. The topological polar surface area (TPSA) is 24.4 Å². The van der Waals surface area contributed by atoms with Crippen LogP contribution in [0.4, 0.5) is 0 Å². The second-order valence-corrected chi connectivity index (χ2v) is 6.25. The van der Waals surface area contributed by atoms with Crippen LogP contribution in [0.15, 0.2) is 16.4 Å². The fraction of sp³-hybridized carbons (Fsp3) is 0.769. The monoisotopic (exact) mass is 208 g/mol. The highest BCUT2D eigenvalue weighted by Crippen LogP contribution is 2.36. The van der Waals surface area contributed by atoms with Gasteiger partial charge >= 0.3 is 0 Å². The summed E-state index contributed by atoms with van der Waals surface area (Å²) in [6, 6.07) is 0. The molecule has 1 rings (SSSR count). The van der Waals surface area contributed by atoms with E-state index in [9.17, 15) is 0 Å². The fourth-order valence-corrected chi connectivity index (χ4v) is 1.75. The molecule has 1 N–H and O–H groups in total. The van der Waals surface area contributed by atoms with E-state index < -0.39 is 0 Å². The second kappa shape index (κ2) is 3.99. The van der Waals surface area contributed by atoms with Crippen molar-refractivity contribution in [3.63, 3.8) is 0 Å². The number of hydrogen-bond acceptors (Lipinski definition) is 2. The molecule has 1 aliphatic heterocycles. The summed E-state index contributed by atoms with van der Waals surface area (Å²) in [5.41, 5.74) is 2.75. The highest BCUT2D eigenvalue weighted by molar-refractivity contribution is 5.60. The van der Waals surface area contributed by atoms with Gasteiger partial charge in [-0.2, -0.15) is 0 Å². The Labute approximate surface area is 93.9 Å². The third-order valence-corrected chi connectivity index (χ3v) is 2.49. The van der Waals surface area contributed by atoms with Gasteiger partial charge in [-0.15, -0.1) is 0 Å². The van der Waals surface area contributed by atoms with Crippen molar-refractivity contribution in [3.05, 3.63) is 11.4 Å². The lowest BCUT2D eigenvalue weighted by molar-refractivity contribution is 0.415. The van der Waals surface area contributed by atoms with Crippen molar-refractivity contribution in [2.75, 3.05) is 6.54 Å². The molecule has 0 atom stereocenters. The van der Waals surface area contributed by atoms with E-state index in [1.807, 2.05) is 6.21 Å². The summed E-state index contributed by atoms with van der Waals surface area (Å²) in [4.78, 5) is 4.63. The predicted octanol–water partition coefficient (Wildman–Crippen LogP) is 3.35. The van der Waals surface area contributed by atoms with Crippen molar-refractivity contribution in [1.29, 1.82) is 0 Å². The molecule has 0 fully saturated rings. The van der Waals surface area contributed by atoms with E-state index in [1.54, 1.807) is 0 Å². The van der Waals surface area contributed by atoms with Gasteiger partial charge in [-0.1, -0.05) is 41.5 Å². The average Bonchev–Trinajstić information content (AvgIpc) is 2.24. The van der Waals surface area contributed by atoms with Gasteiger partial charge in [0.15, 0.2) is 0 Å². The van der Waals surface area contributed by atoms with Gasteiger partial charge in [0.2, 0.25) is 0 Å². The Kier molecular flexibility index (Phi) is 3.27. The van der Waals surface area contributed by atoms with E-state index in [2.05, 4.69) is 51.9 Å². The third-order valence-electron chi connectivity index (χ3n) is 2.49. The molecule has 1 heterocycles. The first-order chi connectivity index (χ1) is 6.73. The quantitative estimate of drug-likeness (QED) is 0.648. The minimum Gasteiger partial charge on any atom is -0.386 e. The lowest BCUT2D eigenvalue weighted by Crippen LogP contribution is -2.28. The van der Waals surface area contributed by atoms with E-state index >= 15 is 0 Å². The molecule has 1 aliphatic rings. The van der Waals surface area contributed by atoms with Crippen molar-refractivity contribution in [2.24, 2.45) is 15.8 Å². The first-order valence-electron chi connectivity index (χ1n) is 5.74. The summed E-state index contributed by atoms with van der Waals surface area (Å²) in [6.45, 7) is 14.4. The molecule has 15 heavy (non-hydrogen) atoms. The Morgan fingerprint density at radius 1 is 1.07 bits per heavy atom. The van der Waals surface area contributed by atoms with Gasteiger partial charge in [0.1, 0.15) is 0 Å². The zero-order chi connectivity index (χ0) is 11.7. The summed E-state index contributed by atoms with van der Waals surface area (Å²) in [5, 5.41) is 3.53. The van der Waals surface area contributed by atoms with Crippen LogP contribution >= 0.6 is 0 Å². The van der Waals surface area contributed by atoms with Gasteiger partial charge in [-0.05, 0) is 0 Å². The molecule has 0 saturated heterocycles. The van der Waals surface area contributed by atoms with Crippen molar-refractivity contribution in [1.82, 2.24) is 5.32 Å². The number of allylic oxidation sites excluding steroid dienone is 2. The van der Waals surface area contributed by atoms with E-state index in [1.165, 1.54) is 11.4 Å². The number of aliphatic imine (C=N–C) groups is 1. The molecule has 0 aromatic carbocycles. The molecular weight excluding hydrogens is 184 g/mol. The van der Waals surface area contributed by atoms with Crippen LogP contribution in [-0.2, 0) is 0 Å². The van der Waals surface area contributed by atoms with E-state index in [0.29, 0.717) is 0 Å². The number of nitrogens with zero attached hydrogens (tertiary/aromatic N) is 1. The summed E-state index contributed by atoms with van der Waals surface area (Å²) >= 11 is 0. The van der Waals surface area contributed by atoms with Gasteiger partial charge in [0.05, 0.1) is 5.70 Å². The maximum absolute atomic E-state index is 4.63. The SMILES string of the molecule is CC(C)(C)C1=C(C(C)(C)C)NCCC=N1. The minimum atomic E-state index is 0.108. The first kappa shape index (κ1) is 12.3. The normalized spacial score (nSPS) is 18.8. The molecule has 0 saturated carbocycles. The van der Waals surface area contributed by atoms with Crippen LogP contribution in [0.5, 0.6) is 0 Å². The van der Waals surface area contributed by atoms with Gasteiger partial charge in [0, 0.05) is 35.7 Å². The van der Waals surface area contributed by atoms with Gasteiger partial charge < -0.3 is 5.32 Å². The largest absolute Gasteiger partial charge is 0.386 e. The Morgan fingerprint density at radius 3 is 2.13 bits per heavy atom. The maximum atomic E-state index is 4.63.